The van der Waals surface area contributed by atoms with Crippen LogP contribution in [-0.2, 0) is 0 Å². The number of thiazole rings is 1. The van der Waals surface area contributed by atoms with Crippen LogP contribution in [0.3, 0.4) is 0 Å². The number of oxazole rings is 1. The van der Waals surface area contributed by atoms with E-state index in [9.17, 15) is 0 Å². The summed E-state index contributed by atoms with van der Waals surface area (Å²) in [6.45, 7) is 0. The fourth-order valence-electron chi connectivity index (χ4n) is 0.742. The van der Waals surface area contributed by atoms with Crippen molar-refractivity contribution >= 4 is 11.3 Å². The molecule has 0 radical (unpaired) electrons. The average molecular weight is 291 g/mol. The van der Waals surface area contributed by atoms with E-state index in [0.29, 0.717) is 0 Å². The predicted molar refractivity (Wildman–Crippen MR) is 73.7 cm³/mol. The molecule has 0 aromatic carbocycles. The molecule has 0 unspecified atom stereocenters. The van der Waals surface area contributed by atoms with Gasteiger partial charge in [-0.3, -0.25) is 10.1 Å². The quantitative estimate of drug-likeness (QED) is 0.535. The molecule has 0 fully saturated rings. The molecule has 1 N–H and O–H groups in total. The maximum atomic E-state index is 4.47. The van der Waals surface area contributed by atoms with E-state index in [2.05, 4.69) is 34.3 Å². The van der Waals surface area contributed by atoms with Crippen molar-refractivity contribution in [2.45, 2.75) is 0 Å². The summed E-state index contributed by atoms with van der Waals surface area (Å²) in [6, 6.07) is 3.56. The van der Waals surface area contributed by atoms with Gasteiger partial charge in [0, 0.05) is 24.0 Å². The maximum absolute atomic E-state index is 4.47. The molecule has 0 aliphatic carbocycles. The lowest BCUT2D eigenvalue weighted by molar-refractivity contribution is 0.420. The lowest BCUT2D eigenvalue weighted by Crippen LogP contribution is -1.53. The topological polar surface area (TPSA) is 93.6 Å². The highest BCUT2D eigenvalue weighted by atomic mass is 32.1. The van der Waals surface area contributed by atoms with Gasteiger partial charge in [-0.15, -0.1) is 11.3 Å². The molecule has 0 amide bonds. The van der Waals surface area contributed by atoms with Crippen molar-refractivity contribution in [3.63, 3.8) is 0 Å². The summed E-state index contributed by atoms with van der Waals surface area (Å²) in [5, 5.41) is 11.5. The zero-order chi connectivity index (χ0) is 14.1. The Kier molecular flexibility index (Phi) is 9.73. The second-order valence-electron chi connectivity index (χ2n) is 2.81. The van der Waals surface area contributed by atoms with Crippen LogP contribution in [-0.4, -0.2) is 25.3 Å². The zero-order valence-electron chi connectivity index (χ0n) is 10.4. The first-order valence-electron chi connectivity index (χ1n) is 5.42. The zero-order valence-corrected chi connectivity index (χ0v) is 11.3. The summed E-state index contributed by atoms with van der Waals surface area (Å²) in [6.07, 6.45) is 12.8. The molecule has 0 saturated heterocycles. The van der Waals surface area contributed by atoms with Crippen LogP contribution in [0.25, 0.3) is 0 Å². The van der Waals surface area contributed by atoms with Crippen LogP contribution in [0, 0.1) is 0 Å². The van der Waals surface area contributed by atoms with Gasteiger partial charge in [-0.1, -0.05) is 5.16 Å². The van der Waals surface area contributed by atoms with Gasteiger partial charge in [-0.05, 0) is 12.1 Å². The van der Waals surface area contributed by atoms with Crippen molar-refractivity contribution in [2.75, 3.05) is 0 Å². The molecule has 7 nitrogen and oxygen atoms in total. The number of hydrogen-bond donors (Lipinski definition) is 1. The normalized spacial score (nSPS) is 8.00. The second kappa shape index (κ2) is 12.7. The summed E-state index contributed by atoms with van der Waals surface area (Å²) in [7, 11) is 0. The average Bonchev–Trinajstić information content (AvgIpc) is 3.40. The summed E-state index contributed by atoms with van der Waals surface area (Å²) in [5.41, 5.74) is 1.79. The molecule has 4 aromatic rings. The highest BCUT2D eigenvalue weighted by Gasteiger charge is 1.61. The molecule has 0 spiro atoms. The van der Waals surface area contributed by atoms with E-state index in [1.807, 2.05) is 11.4 Å². The van der Waals surface area contributed by atoms with E-state index in [0.717, 1.165) is 0 Å². The Bertz CT molecular complexity index is 361. The number of aromatic amines is 1. The molecule has 104 valence electrons. The molecule has 0 atom stereocenters. The Hall–Kier alpha value is -2.74. The maximum Gasteiger partial charge on any atom is 0.180 e. The Balaban J connectivity index is 0.000000133. The minimum atomic E-state index is 1.38. The molecule has 4 rings (SSSR count). The molecule has 20 heavy (non-hydrogen) atoms. The fraction of sp³-hybridized carbons (Fsp3) is 0. The fourth-order valence-corrected chi connectivity index (χ4v) is 1.09. The van der Waals surface area contributed by atoms with E-state index >= 15 is 0 Å². The largest absolute Gasteiger partial charge is 0.452 e. The van der Waals surface area contributed by atoms with E-state index in [1.165, 1.54) is 18.9 Å². The lowest BCUT2D eigenvalue weighted by Gasteiger charge is -1.49. The van der Waals surface area contributed by atoms with Gasteiger partial charge in [0.05, 0.1) is 17.9 Å². The van der Waals surface area contributed by atoms with Crippen molar-refractivity contribution < 1.29 is 8.94 Å². The van der Waals surface area contributed by atoms with Crippen LogP contribution >= 0.6 is 11.3 Å². The third-order valence-electron chi connectivity index (χ3n) is 1.45. The van der Waals surface area contributed by atoms with Gasteiger partial charge in [-0.25, -0.2) is 4.98 Å². The molecule has 8 heteroatoms. The predicted octanol–water partition coefficient (Wildman–Crippen LogP) is 2.90. The van der Waals surface area contributed by atoms with Crippen molar-refractivity contribution in [3.8, 4) is 0 Å². The Labute approximate surface area is 119 Å². The molecule has 0 bridgehead atoms. The second-order valence-corrected chi connectivity index (χ2v) is 3.56. The van der Waals surface area contributed by atoms with E-state index in [-0.39, 0.29) is 0 Å². The number of nitrogens with zero attached hydrogens (tertiary/aromatic N) is 4. The molecular weight excluding hydrogens is 278 g/mol. The third-order valence-corrected chi connectivity index (χ3v) is 1.97. The summed E-state index contributed by atoms with van der Waals surface area (Å²) in [4.78, 5) is 7.30. The Morgan fingerprint density at radius 2 is 1.95 bits per heavy atom. The molecule has 0 saturated carbocycles. The lowest BCUT2D eigenvalue weighted by atomic mass is 10.8. The highest BCUT2D eigenvalue weighted by molar-refractivity contribution is 7.07. The molecule has 4 aromatic heterocycles. The summed E-state index contributed by atoms with van der Waals surface area (Å²) in [5.74, 6) is 0. The van der Waals surface area contributed by atoms with Gasteiger partial charge in [0.15, 0.2) is 6.39 Å². The SMILES string of the molecule is c1cn[nH]c1.c1cnoc1.c1cocn1.c1cscn1. The number of aromatic nitrogens is 5. The van der Waals surface area contributed by atoms with Gasteiger partial charge >= 0.3 is 0 Å². The van der Waals surface area contributed by atoms with Crippen molar-refractivity contribution in [3.05, 3.63) is 72.9 Å². The minimum absolute atomic E-state index is 1.38. The van der Waals surface area contributed by atoms with E-state index < -0.39 is 0 Å². The summed E-state index contributed by atoms with van der Waals surface area (Å²) < 4.78 is 8.81. The molecule has 4 heterocycles. The van der Waals surface area contributed by atoms with Gasteiger partial charge in [0.1, 0.15) is 12.5 Å². The van der Waals surface area contributed by atoms with Crippen LogP contribution in [0.2, 0.25) is 0 Å². The Morgan fingerprint density at radius 1 is 0.950 bits per heavy atom. The minimum Gasteiger partial charge on any atom is -0.452 e. The number of rotatable bonds is 0. The first-order chi connectivity index (χ1) is 10.0. The highest BCUT2D eigenvalue weighted by Crippen LogP contribution is 1.85. The molecule has 0 aliphatic heterocycles. The van der Waals surface area contributed by atoms with Crippen LogP contribution in [0.15, 0.2) is 81.9 Å². The molecular formula is C12H13N5O2S. The third kappa shape index (κ3) is 10.4. The van der Waals surface area contributed by atoms with Crippen LogP contribution in [0.1, 0.15) is 0 Å². The van der Waals surface area contributed by atoms with Crippen LogP contribution < -0.4 is 0 Å². The first kappa shape index (κ1) is 15.3. The van der Waals surface area contributed by atoms with Gasteiger partial charge in [0.25, 0.3) is 0 Å². The molecule has 0 aliphatic rings. The smallest absolute Gasteiger partial charge is 0.180 e. The monoisotopic (exact) mass is 291 g/mol. The van der Waals surface area contributed by atoms with Gasteiger partial charge in [-0.2, -0.15) is 5.10 Å². The number of hydrogen-bond acceptors (Lipinski definition) is 7. The number of H-pyrrole nitrogens is 1. The van der Waals surface area contributed by atoms with E-state index in [4.69, 9.17) is 0 Å². The van der Waals surface area contributed by atoms with E-state index in [1.54, 1.807) is 53.9 Å². The summed E-state index contributed by atoms with van der Waals surface area (Å²) >= 11 is 1.60. The Morgan fingerprint density at radius 3 is 2.15 bits per heavy atom. The van der Waals surface area contributed by atoms with Crippen LogP contribution in [0.5, 0.6) is 0 Å². The van der Waals surface area contributed by atoms with Gasteiger partial charge in [0.2, 0.25) is 0 Å². The first-order valence-corrected chi connectivity index (χ1v) is 6.37. The van der Waals surface area contributed by atoms with Crippen molar-refractivity contribution in [1.29, 1.82) is 0 Å². The number of nitrogens with one attached hydrogen (secondary N) is 1. The van der Waals surface area contributed by atoms with Crippen molar-refractivity contribution in [1.82, 2.24) is 25.3 Å². The van der Waals surface area contributed by atoms with Gasteiger partial charge < -0.3 is 8.94 Å². The van der Waals surface area contributed by atoms with Crippen molar-refractivity contribution in [2.24, 2.45) is 0 Å². The van der Waals surface area contributed by atoms with Crippen LogP contribution in [0.4, 0.5) is 0 Å². The standard InChI is InChI=1S/C3H4N2.2C3H3NO.C3H3NS/c1-2-4-5-3-1;1-2-5-3-4-1;1-2-4-5-3-1;1-2-5-3-4-1/h1-3H,(H,4,5);3*1-3H.